The maximum atomic E-state index is 11.6. The molecule has 0 heterocycles. The monoisotopic (exact) mass is 294 g/mol. The molecule has 0 amide bonds. The highest BCUT2D eigenvalue weighted by atomic mass is 32.1. The van der Waals surface area contributed by atoms with E-state index in [1.54, 1.807) is 0 Å². The molecule has 3 heteroatoms. The predicted molar refractivity (Wildman–Crippen MR) is 87.9 cm³/mol. The van der Waals surface area contributed by atoms with Crippen LogP contribution in [0.1, 0.15) is 71.1 Å². The maximum Gasteiger partial charge on any atom is 0.193 e. The van der Waals surface area contributed by atoms with Crippen LogP contribution in [0, 0.1) is 0 Å². The molecule has 0 bridgehead atoms. The van der Waals surface area contributed by atoms with Crippen LogP contribution in [0.15, 0.2) is 12.1 Å². The summed E-state index contributed by atoms with van der Waals surface area (Å²) in [6.45, 7) is 14.2. The summed E-state index contributed by atoms with van der Waals surface area (Å²) < 4.78 is 0. The number of thiol groups is 1. The standard InChI is InChI=1S/C17H26O2S/c1-10(15(19)20)11-8-12(16(2,3)4)14(18)13(9-11)17(5,6)7/h8-10,18H,1-7H3,(H,19,20)/t10-/m1/s1. The molecule has 1 aromatic rings. The van der Waals surface area contributed by atoms with Gasteiger partial charge in [0, 0.05) is 0 Å². The fourth-order valence-electron chi connectivity index (χ4n) is 2.19. The third kappa shape index (κ3) is 3.57. The number of carbonyl (C=O) groups is 1. The number of hydrogen-bond donors (Lipinski definition) is 2. The van der Waals surface area contributed by atoms with Gasteiger partial charge in [-0.25, -0.2) is 0 Å². The van der Waals surface area contributed by atoms with E-state index in [2.05, 4.69) is 54.2 Å². The van der Waals surface area contributed by atoms with Gasteiger partial charge in [-0.15, -0.1) is 12.6 Å². The van der Waals surface area contributed by atoms with Gasteiger partial charge in [0.15, 0.2) is 5.12 Å². The molecule has 0 aromatic heterocycles. The number of carbonyl (C=O) groups excluding carboxylic acids is 1. The van der Waals surface area contributed by atoms with Gasteiger partial charge in [0.05, 0.1) is 5.92 Å². The summed E-state index contributed by atoms with van der Waals surface area (Å²) in [7, 11) is 0. The smallest absolute Gasteiger partial charge is 0.193 e. The lowest BCUT2D eigenvalue weighted by molar-refractivity contribution is -0.111. The van der Waals surface area contributed by atoms with Crippen LogP contribution in [0.4, 0.5) is 0 Å². The topological polar surface area (TPSA) is 37.3 Å². The van der Waals surface area contributed by atoms with Crippen LogP contribution in [-0.2, 0) is 15.6 Å². The Bertz CT molecular complexity index is 484. The van der Waals surface area contributed by atoms with Gasteiger partial charge in [0.1, 0.15) is 5.75 Å². The van der Waals surface area contributed by atoms with Crippen molar-refractivity contribution in [1.82, 2.24) is 0 Å². The van der Waals surface area contributed by atoms with Crippen LogP contribution in [0.3, 0.4) is 0 Å². The molecule has 1 N–H and O–H groups in total. The molecule has 0 aliphatic heterocycles. The zero-order valence-corrected chi connectivity index (χ0v) is 14.4. The van der Waals surface area contributed by atoms with Crippen molar-refractivity contribution in [2.75, 3.05) is 0 Å². The molecule has 20 heavy (non-hydrogen) atoms. The van der Waals surface area contributed by atoms with E-state index in [4.69, 9.17) is 0 Å². The van der Waals surface area contributed by atoms with E-state index in [-0.39, 0.29) is 21.9 Å². The normalized spacial score (nSPS) is 14.2. The Morgan fingerprint density at radius 3 is 1.65 bits per heavy atom. The summed E-state index contributed by atoms with van der Waals surface area (Å²) >= 11 is 3.94. The second-order valence-corrected chi connectivity index (χ2v) is 7.97. The van der Waals surface area contributed by atoms with Crippen molar-refractivity contribution in [2.45, 2.75) is 65.2 Å². The minimum atomic E-state index is -0.277. The van der Waals surface area contributed by atoms with Crippen molar-refractivity contribution in [2.24, 2.45) is 0 Å². The predicted octanol–water partition coefficient (Wildman–Crippen LogP) is 4.55. The first-order valence-electron chi connectivity index (χ1n) is 6.96. The molecular weight excluding hydrogens is 268 g/mol. The van der Waals surface area contributed by atoms with Gasteiger partial charge in [0.25, 0.3) is 0 Å². The average Bonchev–Trinajstić information content (AvgIpc) is 2.24. The fraction of sp³-hybridized carbons (Fsp3) is 0.588. The molecule has 0 spiro atoms. The molecular formula is C17H26O2S. The molecule has 0 saturated heterocycles. The van der Waals surface area contributed by atoms with Crippen molar-refractivity contribution in [3.8, 4) is 5.75 Å². The largest absolute Gasteiger partial charge is 0.507 e. The SMILES string of the molecule is C[C@@H](C(=O)S)c1cc(C(C)(C)C)c(O)c(C(C)(C)C)c1. The first-order valence-corrected chi connectivity index (χ1v) is 7.41. The Hall–Kier alpha value is -0.960. The highest BCUT2D eigenvalue weighted by Gasteiger charge is 2.28. The summed E-state index contributed by atoms with van der Waals surface area (Å²) in [6, 6.07) is 3.87. The third-order valence-electron chi connectivity index (χ3n) is 3.62. The van der Waals surface area contributed by atoms with E-state index >= 15 is 0 Å². The molecule has 2 nitrogen and oxygen atoms in total. The second-order valence-electron chi connectivity index (χ2n) is 7.52. The lowest BCUT2D eigenvalue weighted by Gasteiger charge is -2.29. The number of aromatic hydroxyl groups is 1. The van der Waals surface area contributed by atoms with E-state index < -0.39 is 0 Å². The van der Waals surface area contributed by atoms with Crippen molar-refractivity contribution < 1.29 is 9.90 Å². The number of phenols is 1. The van der Waals surface area contributed by atoms with Crippen molar-refractivity contribution in [1.29, 1.82) is 0 Å². The zero-order chi connectivity index (χ0) is 15.9. The summed E-state index contributed by atoms with van der Waals surface area (Å²) in [4.78, 5) is 11.6. The minimum absolute atomic E-state index is 0.157. The molecule has 1 atom stereocenters. The Labute approximate surface area is 128 Å². The molecule has 0 radical (unpaired) electrons. The van der Waals surface area contributed by atoms with Gasteiger partial charge < -0.3 is 5.11 Å². The van der Waals surface area contributed by atoms with E-state index in [0.717, 1.165) is 16.7 Å². The fourth-order valence-corrected chi connectivity index (χ4v) is 2.34. The van der Waals surface area contributed by atoms with E-state index in [1.807, 2.05) is 19.1 Å². The van der Waals surface area contributed by atoms with Gasteiger partial charge in [-0.3, -0.25) is 4.79 Å². The van der Waals surface area contributed by atoms with Gasteiger partial charge in [-0.2, -0.15) is 0 Å². The molecule has 0 saturated carbocycles. The summed E-state index contributed by atoms with van der Waals surface area (Å²) in [5.74, 6) is 0.0636. The number of benzene rings is 1. The average molecular weight is 294 g/mol. The summed E-state index contributed by atoms with van der Waals surface area (Å²) in [5.41, 5.74) is 2.30. The molecule has 1 aromatic carbocycles. The van der Waals surface area contributed by atoms with Crippen LogP contribution in [-0.4, -0.2) is 10.2 Å². The van der Waals surface area contributed by atoms with Crippen LogP contribution in [0.25, 0.3) is 0 Å². The van der Waals surface area contributed by atoms with Gasteiger partial charge in [-0.05, 0) is 27.5 Å². The van der Waals surface area contributed by atoms with Crippen LogP contribution >= 0.6 is 12.6 Å². The minimum Gasteiger partial charge on any atom is -0.507 e. The number of phenolic OH excluding ortho intramolecular Hbond substituents is 1. The number of rotatable bonds is 2. The highest BCUT2D eigenvalue weighted by Crippen LogP contribution is 2.41. The third-order valence-corrected chi connectivity index (χ3v) is 4.01. The molecule has 0 aliphatic rings. The van der Waals surface area contributed by atoms with E-state index in [1.165, 1.54) is 0 Å². The van der Waals surface area contributed by atoms with E-state index in [0.29, 0.717) is 5.75 Å². The van der Waals surface area contributed by atoms with Crippen molar-refractivity contribution in [3.63, 3.8) is 0 Å². The first kappa shape index (κ1) is 17.1. The molecule has 0 unspecified atom stereocenters. The lowest BCUT2D eigenvalue weighted by Crippen LogP contribution is -2.19. The zero-order valence-electron chi connectivity index (χ0n) is 13.5. The van der Waals surface area contributed by atoms with Crippen molar-refractivity contribution >= 4 is 17.7 Å². The molecule has 0 aliphatic carbocycles. The lowest BCUT2D eigenvalue weighted by atomic mass is 9.77. The molecule has 0 fully saturated rings. The van der Waals surface area contributed by atoms with Crippen LogP contribution < -0.4 is 0 Å². The Morgan fingerprint density at radius 2 is 1.40 bits per heavy atom. The Morgan fingerprint density at radius 1 is 1.05 bits per heavy atom. The summed E-state index contributed by atoms with van der Waals surface area (Å²) in [6.07, 6.45) is 0. The second kappa shape index (κ2) is 5.44. The van der Waals surface area contributed by atoms with Gasteiger partial charge >= 0.3 is 0 Å². The Balaban J connectivity index is 3.63. The Kier molecular flexibility index (Phi) is 4.65. The van der Waals surface area contributed by atoms with E-state index in [9.17, 15) is 9.90 Å². The molecule has 1 rings (SSSR count). The van der Waals surface area contributed by atoms with Crippen LogP contribution in [0.2, 0.25) is 0 Å². The molecule has 112 valence electrons. The first-order chi connectivity index (χ1) is 8.85. The quantitative estimate of drug-likeness (QED) is 0.785. The van der Waals surface area contributed by atoms with Crippen molar-refractivity contribution in [3.05, 3.63) is 28.8 Å². The highest BCUT2D eigenvalue weighted by molar-refractivity contribution is 7.96. The summed E-state index contributed by atoms with van der Waals surface area (Å²) in [5, 5.41) is 10.4. The van der Waals surface area contributed by atoms with Gasteiger partial charge in [0.2, 0.25) is 0 Å². The maximum absolute atomic E-state index is 11.6. The van der Waals surface area contributed by atoms with Crippen LogP contribution in [0.5, 0.6) is 5.75 Å². The number of hydrogen-bond acceptors (Lipinski definition) is 2. The van der Waals surface area contributed by atoms with Gasteiger partial charge in [-0.1, -0.05) is 60.6 Å².